The van der Waals surface area contributed by atoms with E-state index in [0.717, 1.165) is 42.6 Å². The van der Waals surface area contributed by atoms with Crippen LogP contribution in [-0.4, -0.2) is 41.1 Å². The Morgan fingerprint density at radius 2 is 2.12 bits per heavy atom. The van der Waals surface area contributed by atoms with E-state index in [4.69, 9.17) is 4.74 Å². The van der Waals surface area contributed by atoms with Crippen LogP contribution in [0.1, 0.15) is 46.2 Å². The summed E-state index contributed by atoms with van der Waals surface area (Å²) in [5.74, 6) is -0.299. The third-order valence-electron chi connectivity index (χ3n) is 5.11. The number of methoxy groups -OCH3 is 1. The van der Waals surface area contributed by atoms with E-state index in [1.54, 1.807) is 42.9 Å². The molecule has 0 saturated heterocycles. The highest BCUT2D eigenvalue weighted by Crippen LogP contribution is 2.23. The number of hydrogen-bond acceptors (Lipinski definition) is 4. The number of hydrogen-bond donors (Lipinski definition) is 0. The molecule has 0 spiro atoms. The van der Waals surface area contributed by atoms with Crippen molar-refractivity contribution in [2.24, 2.45) is 7.05 Å². The van der Waals surface area contributed by atoms with Crippen molar-refractivity contribution in [3.05, 3.63) is 63.3 Å². The van der Waals surface area contributed by atoms with Gasteiger partial charge in [0.05, 0.1) is 18.3 Å². The maximum Gasteiger partial charge on any atom is 0.263 e. The molecule has 0 N–H and O–H groups in total. The van der Waals surface area contributed by atoms with Crippen molar-refractivity contribution in [2.45, 2.75) is 31.7 Å². The molecule has 1 aliphatic rings. The summed E-state index contributed by atoms with van der Waals surface area (Å²) in [5.41, 5.74) is 2.88. The summed E-state index contributed by atoms with van der Waals surface area (Å²) < 4.78 is 6.93. The van der Waals surface area contributed by atoms with Crippen LogP contribution in [-0.2, 0) is 24.6 Å². The second-order valence-electron chi connectivity index (χ2n) is 6.74. The van der Waals surface area contributed by atoms with E-state index < -0.39 is 0 Å². The summed E-state index contributed by atoms with van der Waals surface area (Å²) >= 11 is 0. The predicted molar refractivity (Wildman–Crippen MR) is 99.3 cm³/mol. The molecule has 2 aromatic rings. The smallest absolute Gasteiger partial charge is 0.263 e. The van der Waals surface area contributed by atoms with Crippen LogP contribution >= 0.6 is 0 Å². The number of rotatable bonds is 5. The van der Waals surface area contributed by atoms with Gasteiger partial charge in [-0.05, 0) is 49.4 Å². The fourth-order valence-electron chi connectivity index (χ4n) is 3.60. The van der Waals surface area contributed by atoms with Gasteiger partial charge in [0.1, 0.15) is 5.56 Å². The molecule has 6 heteroatoms. The van der Waals surface area contributed by atoms with Gasteiger partial charge in [0.2, 0.25) is 0 Å². The number of pyridine rings is 2. The van der Waals surface area contributed by atoms with Gasteiger partial charge in [-0.2, -0.15) is 0 Å². The normalized spacial score (nSPS) is 14.6. The number of aromatic nitrogens is 2. The van der Waals surface area contributed by atoms with E-state index in [0.29, 0.717) is 6.61 Å². The largest absolute Gasteiger partial charge is 0.382 e. The molecular weight excluding hydrogens is 330 g/mol. The van der Waals surface area contributed by atoms with E-state index in [2.05, 4.69) is 4.98 Å². The minimum Gasteiger partial charge on any atom is -0.382 e. The summed E-state index contributed by atoms with van der Waals surface area (Å²) in [7, 11) is 5.04. The van der Waals surface area contributed by atoms with Crippen molar-refractivity contribution >= 4 is 5.91 Å². The lowest BCUT2D eigenvalue weighted by Gasteiger charge is -2.28. The molecule has 0 fully saturated rings. The maximum atomic E-state index is 13.1. The average Bonchev–Trinajstić information content (AvgIpc) is 2.68. The number of fused-ring (bicyclic) bond motifs is 1. The Balaban J connectivity index is 1.97. The second-order valence-corrected chi connectivity index (χ2v) is 6.74. The Morgan fingerprint density at radius 3 is 2.81 bits per heavy atom. The zero-order valence-corrected chi connectivity index (χ0v) is 15.6. The molecular formula is C20H25N3O3. The molecule has 6 nitrogen and oxygen atoms in total. The lowest BCUT2D eigenvalue weighted by atomic mass is 9.94. The number of ether oxygens (including phenoxy) is 1. The van der Waals surface area contributed by atoms with Gasteiger partial charge in [-0.1, -0.05) is 6.07 Å². The van der Waals surface area contributed by atoms with Gasteiger partial charge in [-0.3, -0.25) is 14.6 Å². The van der Waals surface area contributed by atoms with E-state index in [1.807, 2.05) is 18.2 Å². The first-order valence-electron chi connectivity index (χ1n) is 8.93. The molecule has 138 valence electrons. The van der Waals surface area contributed by atoms with Gasteiger partial charge in [0, 0.05) is 33.1 Å². The van der Waals surface area contributed by atoms with Gasteiger partial charge in [0.15, 0.2) is 0 Å². The van der Waals surface area contributed by atoms with E-state index in [9.17, 15) is 9.59 Å². The molecule has 0 aromatic carbocycles. The molecule has 1 amide bonds. The molecule has 3 rings (SSSR count). The summed E-state index contributed by atoms with van der Waals surface area (Å²) in [6, 6.07) is 7.00. The molecule has 0 unspecified atom stereocenters. The number of aryl methyl sites for hydroxylation is 1. The van der Waals surface area contributed by atoms with Crippen molar-refractivity contribution in [1.82, 2.24) is 14.5 Å². The lowest BCUT2D eigenvalue weighted by Crippen LogP contribution is -2.39. The summed E-state index contributed by atoms with van der Waals surface area (Å²) in [6.07, 6.45) is 5.67. The number of carbonyl (C=O) groups excluding carboxylic acids is 1. The molecule has 1 aliphatic carbocycles. The minimum absolute atomic E-state index is 0.215. The number of nitrogens with zero attached hydrogens (tertiary/aromatic N) is 3. The second kappa shape index (κ2) is 7.83. The van der Waals surface area contributed by atoms with E-state index >= 15 is 0 Å². The number of carbonyl (C=O) groups is 1. The summed E-state index contributed by atoms with van der Waals surface area (Å²) in [4.78, 5) is 31.8. The highest BCUT2D eigenvalue weighted by Gasteiger charge is 2.27. The Bertz CT molecular complexity index is 845. The molecule has 0 bridgehead atoms. The fraction of sp³-hybridized carbons (Fsp3) is 0.450. The van der Waals surface area contributed by atoms with E-state index in [1.165, 1.54) is 0 Å². The summed E-state index contributed by atoms with van der Waals surface area (Å²) in [6.45, 7) is 0.310. The Labute approximate surface area is 153 Å². The van der Waals surface area contributed by atoms with Crippen molar-refractivity contribution in [3.63, 3.8) is 0 Å². The first kappa shape index (κ1) is 18.3. The van der Waals surface area contributed by atoms with Crippen LogP contribution in [0.15, 0.2) is 35.3 Å². The summed E-state index contributed by atoms with van der Waals surface area (Å²) in [5, 5.41) is 0. The molecule has 2 heterocycles. The van der Waals surface area contributed by atoms with Gasteiger partial charge in [0.25, 0.3) is 11.5 Å². The Morgan fingerprint density at radius 1 is 1.35 bits per heavy atom. The Hall–Kier alpha value is -2.47. The van der Waals surface area contributed by atoms with Crippen LogP contribution in [0.4, 0.5) is 0 Å². The van der Waals surface area contributed by atoms with Gasteiger partial charge >= 0.3 is 0 Å². The van der Waals surface area contributed by atoms with Crippen LogP contribution < -0.4 is 5.56 Å². The first-order valence-corrected chi connectivity index (χ1v) is 8.93. The molecule has 26 heavy (non-hydrogen) atoms. The zero-order valence-electron chi connectivity index (χ0n) is 15.6. The first-order chi connectivity index (χ1) is 12.5. The Kier molecular flexibility index (Phi) is 5.52. The highest BCUT2D eigenvalue weighted by molar-refractivity contribution is 5.94. The third kappa shape index (κ3) is 3.42. The van der Waals surface area contributed by atoms with Crippen molar-refractivity contribution < 1.29 is 9.53 Å². The lowest BCUT2D eigenvalue weighted by molar-refractivity contribution is 0.0592. The quantitative estimate of drug-likeness (QED) is 0.824. The molecule has 2 aromatic heterocycles. The fourth-order valence-corrected chi connectivity index (χ4v) is 3.60. The third-order valence-corrected chi connectivity index (χ3v) is 5.11. The topological polar surface area (TPSA) is 64.4 Å². The van der Waals surface area contributed by atoms with Gasteiger partial charge in [-0.25, -0.2) is 0 Å². The van der Waals surface area contributed by atoms with Crippen LogP contribution in [0, 0.1) is 0 Å². The monoisotopic (exact) mass is 355 g/mol. The van der Waals surface area contributed by atoms with Crippen molar-refractivity contribution in [1.29, 1.82) is 0 Å². The zero-order chi connectivity index (χ0) is 18.7. The van der Waals surface area contributed by atoms with Gasteiger partial charge < -0.3 is 14.2 Å². The molecule has 0 radical (unpaired) electrons. The van der Waals surface area contributed by atoms with Crippen LogP contribution in [0.25, 0.3) is 0 Å². The average molecular weight is 355 g/mol. The predicted octanol–water partition coefficient (Wildman–Crippen LogP) is 2.12. The van der Waals surface area contributed by atoms with Crippen molar-refractivity contribution in [3.8, 4) is 0 Å². The maximum absolute atomic E-state index is 13.1. The van der Waals surface area contributed by atoms with Crippen LogP contribution in [0.5, 0.6) is 0 Å². The van der Waals surface area contributed by atoms with E-state index in [-0.39, 0.29) is 23.1 Å². The number of likely N-dealkylation sites (N-methyl/N-ethyl adjacent to an activating group) is 1. The van der Waals surface area contributed by atoms with Crippen molar-refractivity contribution in [2.75, 3.05) is 20.8 Å². The van der Waals surface area contributed by atoms with Crippen LogP contribution in [0.3, 0.4) is 0 Å². The SMILES string of the molecule is COC[C@@H](c1ccccn1)N(C)C(=O)c1cc2c(n(C)c1=O)CCCC2. The molecule has 1 atom stereocenters. The van der Waals surface area contributed by atoms with Crippen LogP contribution in [0.2, 0.25) is 0 Å². The molecule has 0 aliphatic heterocycles. The molecule has 0 saturated carbocycles. The standard InChI is InChI=1S/C20H25N3O3/c1-22-17-10-5-4-8-14(17)12-15(19(22)24)20(25)23(2)18(13-26-3)16-9-6-7-11-21-16/h6-7,9,11-12,18H,4-5,8,10,13H2,1-3H3/t18-/m0/s1. The minimum atomic E-state index is -0.352. The van der Waals surface area contributed by atoms with Gasteiger partial charge in [-0.15, -0.1) is 0 Å². The number of amides is 1. The highest BCUT2D eigenvalue weighted by atomic mass is 16.5.